The molecule has 0 aromatic heterocycles. The molecular weight excluding hydrogens is 335 g/mol. The molecule has 1 unspecified atom stereocenters. The molecular formula is C16H34Cl2N4O. The van der Waals surface area contributed by atoms with Gasteiger partial charge in [-0.1, -0.05) is 32.1 Å². The van der Waals surface area contributed by atoms with Crippen LogP contribution in [0, 0.1) is 5.92 Å². The van der Waals surface area contributed by atoms with Crippen LogP contribution in [-0.2, 0) is 4.79 Å². The molecule has 0 spiro atoms. The number of carbonyl (C=O) groups excluding carboxylic acids is 1. The van der Waals surface area contributed by atoms with Crippen LogP contribution in [0.15, 0.2) is 0 Å². The molecule has 1 saturated carbocycles. The molecule has 2 rings (SSSR count). The molecule has 1 heterocycles. The van der Waals surface area contributed by atoms with Crippen molar-refractivity contribution in [3.05, 3.63) is 0 Å². The number of halogens is 2. The van der Waals surface area contributed by atoms with E-state index in [0.29, 0.717) is 5.92 Å². The zero-order valence-corrected chi connectivity index (χ0v) is 16.0. The summed E-state index contributed by atoms with van der Waals surface area (Å²) in [5.74, 6) is 0.701. The molecule has 0 aromatic carbocycles. The van der Waals surface area contributed by atoms with E-state index >= 15 is 0 Å². The Bertz CT molecular complexity index is 319. The van der Waals surface area contributed by atoms with Crippen molar-refractivity contribution in [1.82, 2.24) is 15.1 Å². The smallest absolute Gasteiger partial charge is 0.236 e. The van der Waals surface area contributed by atoms with Gasteiger partial charge < -0.3 is 16.0 Å². The molecule has 0 bridgehead atoms. The van der Waals surface area contributed by atoms with Crippen molar-refractivity contribution in [3.63, 3.8) is 0 Å². The van der Waals surface area contributed by atoms with Gasteiger partial charge in [0.15, 0.2) is 0 Å². The largest absolute Gasteiger partial charge is 0.353 e. The van der Waals surface area contributed by atoms with Crippen LogP contribution in [0.5, 0.6) is 0 Å². The van der Waals surface area contributed by atoms with E-state index in [1.54, 1.807) is 0 Å². The lowest BCUT2D eigenvalue weighted by Crippen LogP contribution is -2.48. The van der Waals surface area contributed by atoms with Crippen LogP contribution >= 0.6 is 24.8 Å². The Morgan fingerprint density at radius 2 is 1.74 bits per heavy atom. The highest BCUT2D eigenvalue weighted by atomic mass is 35.5. The van der Waals surface area contributed by atoms with E-state index in [0.717, 1.165) is 45.7 Å². The minimum Gasteiger partial charge on any atom is -0.353 e. The lowest BCUT2D eigenvalue weighted by Gasteiger charge is -2.32. The third kappa shape index (κ3) is 8.54. The van der Waals surface area contributed by atoms with Crippen LogP contribution in [0.4, 0.5) is 0 Å². The fourth-order valence-electron chi connectivity index (χ4n) is 3.43. The highest BCUT2D eigenvalue weighted by Crippen LogP contribution is 2.26. The Labute approximate surface area is 153 Å². The maximum absolute atomic E-state index is 12.0. The van der Waals surface area contributed by atoms with Crippen molar-refractivity contribution in [3.8, 4) is 0 Å². The Kier molecular flexibility index (Phi) is 12.3. The van der Waals surface area contributed by atoms with Crippen molar-refractivity contribution < 1.29 is 4.79 Å². The number of rotatable bonds is 6. The number of hydrogen-bond donors (Lipinski definition) is 2. The maximum Gasteiger partial charge on any atom is 0.236 e. The molecule has 1 amide bonds. The first-order valence-corrected chi connectivity index (χ1v) is 8.59. The van der Waals surface area contributed by atoms with Crippen LogP contribution in [0.1, 0.15) is 38.5 Å². The Hall–Kier alpha value is -0.0700. The minimum atomic E-state index is -0.319. The van der Waals surface area contributed by atoms with E-state index in [1.165, 1.54) is 32.1 Å². The lowest BCUT2D eigenvalue weighted by molar-refractivity contribution is -0.122. The number of piperazine rings is 1. The number of hydrogen-bond acceptors (Lipinski definition) is 4. The van der Waals surface area contributed by atoms with Crippen molar-refractivity contribution >= 4 is 30.7 Å². The molecule has 1 saturated heterocycles. The molecule has 138 valence electrons. The van der Waals surface area contributed by atoms with Gasteiger partial charge in [-0.15, -0.1) is 24.8 Å². The fourth-order valence-corrected chi connectivity index (χ4v) is 3.43. The number of nitrogens with zero attached hydrogens (tertiary/aromatic N) is 2. The molecule has 23 heavy (non-hydrogen) atoms. The van der Waals surface area contributed by atoms with Crippen LogP contribution < -0.4 is 11.1 Å². The number of nitrogens with two attached hydrogens (primary N) is 1. The molecule has 0 radical (unpaired) electrons. The molecule has 3 N–H and O–H groups in total. The molecule has 7 heteroatoms. The van der Waals surface area contributed by atoms with Gasteiger partial charge >= 0.3 is 0 Å². The third-order valence-corrected chi connectivity index (χ3v) is 4.97. The highest BCUT2D eigenvalue weighted by molar-refractivity contribution is 5.85. The van der Waals surface area contributed by atoms with Crippen LogP contribution in [-0.4, -0.2) is 68.1 Å². The zero-order valence-electron chi connectivity index (χ0n) is 14.3. The summed E-state index contributed by atoms with van der Waals surface area (Å²) in [7, 11) is 2.16. The van der Waals surface area contributed by atoms with E-state index in [1.807, 2.05) is 0 Å². The molecule has 5 nitrogen and oxygen atoms in total. The molecule has 1 aliphatic heterocycles. The summed E-state index contributed by atoms with van der Waals surface area (Å²) in [6.45, 7) is 6.10. The molecule has 0 aromatic rings. The van der Waals surface area contributed by atoms with E-state index in [9.17, 15) is 4.79 Å². The van der Waals surface area contributed by atoms with E-state index in [2.05, 4.69) is 22.2 Å². The van der Waals surface area contributed by atoms with Gasteiger partial charge in [-0.2, -0.15) is 0 Å². The van der Waals surface area contributed by atoms with E-state index in [4.69, 9.17) is 5.73 Å². The second-order valence-electron chi connectivity index (χ2n) is 6.78. The summed E-state index contributed by atoms with van der Waals surface area (Å²) in [5, 5.41) is 3.01. The Morgan fingerprint density at radius 3 is 2.35 bits per heavy atom. The Morgan fingerprint density at radius 1 is 1.13 bits per heavy atom. The second kappa shape index (κ2) is 12.3. The zero-order chi connectivity index (χ0) is 15.1. The normalized spacial score (nSPS) is 21.8. The summed E-state index contributed by atoms with van der Waals surface area (Å²) in [4.78, 5) is 16.8. The standard InChI is InChI=1S/C16H32N4O.2ClH/c1-19-9-11-20(12-10-19)8-7-18-16(21)15(17)13-14-5-3-2-4-6-14;;/h14-15H,2-13,17H2,1H3,(H,18,21);2*1H. The summed E-state index contributed by atoms with van der Waals surface area (Å²) >= 11 is 0. The summed E-state index contributed by atoms with van der Waals surface area (Å²) in [6, 6.07) is -0.319. The van der Waals surface area contributed by atoms with Gasteiger partial charge in [-0.3, -0.25) is 9.69 Å². The van der Waals surface area contributed by atoms with Crippen molar-refractivity contribution in [2.75, 3.05) is 46.3 Å². The SMILES string of the molecule is CN1CCN(CCNC(=O)C(N)CC2CCCCC2)CC1.Cl.Cl. The number of amides is 1. The second-order valence-corrected chi connectivity index (χ2v) is 6.78. The summed E-state index contributed by atoms with van der Waals surface area (Å²) in [5.41, 5.74) is 6.05. The van der Waals surface area contributed by atoms with Gasteiger partial charge in [-0.25, -0.2) is 0 Å². The van der Waals surface area contributed by atoms with E-state index in [-0.39, 0.29) is 36.8 Å². The summed E-state index contributed by atoms with van der Waals surface area (Å²) in [6.07, 6.45) is 7.33. The van der Waals surface area contributed by atoms with Crippen LogP contribution in [0.25, 0.3) is 0 Å². The monoisotopic (exact) mass is 368 g/mol. The predicted octanol–water partition coefficient (Wildman–Crippen LogP) is 1.49. The van der Waals surface area contributed by atoms with Gasteiger partial charge in [0.1, 0.15) is 0 Å². The van der Waals surface area contributed by atoms with Crippen LogP contribution in [0.3, 0.4) is 0 Å². The first kappa shape index (κ1) is 22.9. The lowest BCUT2D eigenvalue weighted by atomic mass is 9.85. The average Bonchev–Trinajstić information content (AvgIpc) is 2.50. The molecule has 2 fully saturated rings. The van der Waals surface area contributed by atoms with Gasteiger partial charge in [0.2, 0.25) is 5.91 Å². The summed E-state index contributed by atoms with van der Waals surface area (Å²) < 4.78 is 0. The van der Waals surface area contributed by atoms with Gasteiger partial charge in [0, 0.05) is 39.3 Å². The minimum absolute atomic E-state index is 0. The average molecular weight is 369 g/mol. The van der Waals surface area contributed by atoms with Gasteiger partial charge in [-0.05, 0) is 19.4 Å². The quantitative estimate of drug-likeness (QED) is 0.745. The third-order valence-electron chi connectivity index (χ3n) is 4.97. The van der Waals surface area contributed by atoms with Crippen molar-refractivity contribution in [1.29, 1.82) is 0 Å². The molecule has 1 atom stereocenters. The van der Waals surface area contributed by atoms with Crippen LogP contribution in [0.2, 0.25) is 0 Å². The van der Waals surface area contributed by atoms with Gasteiger partial charge in [0.25, 0.3) is 0 Å². The predicted molar refractivity (Wildman–Crippen MR) is 101 cm³/mol. The number of nitrogens with one attached hydrogen (secondary N) is 1. The van der Waals surface area contributed by atoms with Crippen molar-refractivity contribution in [2.24, 2.45) is 11.7 Å². The Balaban J connectivity index is 0.00000242. The fraction of sp³-hybridized carbons (Fsp3) is 0.938. The molecule has 2 aliphatic rings. The highest BCUT2D eigenvalue weighted by Gasteiger charge is 2.21. The van der Waals surface area contributed by atoms with Gasteiger partial charge in [0.05, 0.1) is 6.04 Å². The maximum atomic E-state index is 12.0. The first-order valence-electron chi connectivity index (χ1n) is 8.59. The number of likely N-dealkylation sites (N-methyl/N-ethyl adjacent to an activating group) is 1. The van der Waals surface area contributed by atoms with Crippen molar-refractivity contribution in [2.45, 2.75) is 44.6 Å². The topological polar surface area (TPSA) is 61.6 Å². The van der Waals surface area contributed by atoms with E-state index < -0.39 is 0 Å². The number of carbonyl (C=O) groups is 1. The first-order chi connectivity index (χ1) is 10.1. The molecule has 1 aliphatic carbocycles.